The van der Waals surface area contributed by atoms with Crippen molar-refractivity contribution >= 4 is 23.6 Å². The summed E-state index contributed by atoms with van der Waals surface area (Å²) in [4.78, 5) is 20.4. The number of carbonyl (C=O) groups is 1. The smallest absolute Gasteiger partial charge is 0.243 e. The fourth-order valence-corrected chi connectivity index (χ4v) is 3.37. The van der Waals surface area contributed by atoms with Crippen molar-refractivity contribution < 1.29 is 4.79 Å². The summed E-state index contributed by atoms with van der Waals surface area (Å²) < 4.78 is 0. The molecule has 150 valence electrons. The molecule has 1 atom stereocenters. The molecular weight excluding hydrogens is 358 g/mol. The molecule has 2 N–H and O–H groups in total. The summed E-state index contributed by atoms with van der Waals surface area (Å²) >= 11 is 1.79. The molecule has 0 saturated carbocycles. The summed E-state index contributed by atoms with van der Waals surface area (Å²) in [5.74, 6) is 1.76. The second kappa shape index (κ2) is 11.9. The summed E-state index contributed by atoms with van der Waals surface area (Å²) in [5.41, 5.74) is 1.35. The number of thioether (sulfide) groups is 1. The quantitative estimate of drug-likeness (QED) is 0.401. The number of hydrogen-bond donors (Lipinski definition) is 2. The van der Waals surface area contributed by atoms with Gasteiger partial charge in [0.1, 0.15) is 6.54 Å². The topological polar surface area (TPSA) is 60.0 Å². The molecule has 0 spiro atoms. The number of rotatable bonds is 8. The maximum absolute atomic E-state index is 11.9. The molecule has 0 aliphatic carbocycles. The summed E-state index contributed by atoms with van der Waals surface area (Å²) in [7, 11) is 3.52. The average molecular weight is 392 g/mol. The number of likely N-dealkylation sites (tertiary alicyclic amines) is 1. The van der Waals surface area contributed by atoms with Gasteiger partial charge in [0.2, 0.25) is 5.91 Å². The van der Waals surface area contributed by atoms with E-state index in [0.717, 1.165) is 44.3 Å². The Morgan fingerprint density at radius 3 is 2.81 bits per heavy atom. The van der Waals surface area contributed by atoms with Crippen LogP contribution in [0.4, 0.5) is 0 Å². The average Bonchev–Trinajstić information content (AvgIpc) is 2.67. The maximum atomic E-state index is 11.9. The Morgan fingerprint density at radius 1 is 1.33 bits per heavy atom. The predicted octanol–water partition coefficient (Wildman–Crippen LogP) is 1.64. The molecule has 6 nitrogen and oxygen atoms in total. The zero-order valence-electron chi connectivity index (χ0n) is 16.8. The zero-order chi connectivity index (χ0) is 19.5. The summed E-state index contributed by atoms with van der Waals surface area (Å²) in [6.45, 7) is 4.09. The van der Waals surface area contributed by atoms with E-state index in [-0.39, 0.29) is 12.5 Å². The van der Waals surface area contributed by atoms with Crippen molar-refractivity contribution in [1.82, 2.24) is 20.4 Å². The molecule has 1 aliphatic rings. The minimum absolute atomic E-state index is 0.00955. The molecule has 1 aromatic rings. The maximum Gasteiger partial charge on any atom is 0.243 e. The van der Waals surface area contributed by atoms with Crippen molar-refractivity contribution in [1.29, 1.82) is 0 Å². The van der Waals surface area contributed by atoms with Crippen molar-refractivity contribution in [2.75, 3.05) is 52.3 Å². The standard InChI is InChI=1S/C20H33N5OS/c1-24(2)19(26)14-22-20(21-11-13-27-3)23-18-10-7-12-25(16-18)15-17-8-5-4-6-9-17/h4-6,8-9,18H,7,10-16H2,1-3H3,(H2,21,22,23). The fraction of sp³-hybridized carbons (Fsp3) is 0.600. The normalized spacial score (nSPS) is 18.2. The molecule has 7 heteroatoms. The van der Waals surface area contributed by atoms with Gasteiger partial charge in [-0.3, -0.25) is 9.69 Å². The molecule has 1 saturated heterocycles. The van der Waals surface area contributed by atoms with Crippen LogP contribution >= 0.6 is 11.8 Å². The third-order valence-electron chi connectivity index (χ3n) is 4.57. The number of carbonyl (C=O) groups excluding carboxylic acids is 1. The van der Waals surface area contributed by atoms with Gasteiger partial charge < -0.3 is 15.5 Å². The number of aliphatic imine (C=N–C) groups is 1. The van der Waals surface area contributed by atoms with Gasteiger partial charge in [0, 0.05) is 45.5 Å². The molecule has 1 aliphatic heterocycles. The number of benzene rings is 1. The molecule has 1 fully saturated rings. The second-order valence-corrected chi connectivity index (χ2v) is 8.06. The highest BCUT2D eigenvalue weighted by Gasteiger charge is 2.21. The first-order valence-corrected chi connectivity index (χ1v) is 11.0. The van der Waals surface area contributed by atoms with E-state index < -0.39 is 0 Å². The van der Waals surface area contributed by atoms with Crippen molar-refractivity contribution in [2.24, 2.45) is 4.99 Å². The van der Waals surface area contributed by atoms with Crippen LogP contribution in [-0.4, -0.2) is 80.0 Å². The van der Waals surface area contributed by atoms with E-state index in [2.05, 4.69) is 57.1 Å². The first-order valence-electron chi connectivity index (χ1n) is 9.58. The zero-order valence-corrected chi connectivity index (χ0v) is 17.6. The lowest BCUT2D eigenvalue weighted by molar-refractivity contribution is -0.127. The number of hydrogen-bond acceptors (Lipinski definition) is 4. The second-order valence-electron chi connectivity index (χ2n) is 7.08. The Morgan fingerprint density at radius 2 is 2.11 bits per heavy atom. The van der Waals surface area contributed by atoms with E-state index in [0.29, 0.717) is 6.04 Å². The Bertz CT molecular complexity index is 593. The molecule has 1 amide bonds. The van der Waals surface area contributed by atoms with E-state index in [4.69, 9.17) is 0 Å². The van der Waals surface area contributed by atoms with E-state index in [9.17, 15) is 4.79 Å². The fourth-order valence-electron chi connectivity index (χ4n) is 3.06. The van der Waals surface area contributed by atoms with E-state index in [1.807, 2.05) is 0 Å². The number of nitrogens with one attached hydrogen (secondary N) is 2. The SMILES string of the molecule is CSCCNC(=NCC(=O)N(C)C)NC1CCCN(Cc2ccccc2)C1. The van der Waals surface area contributed by atoms with Crippen LogP contribution in [0.3, 0.4) is 0 Å². The van der Waals surface area contributed by atoms with Gasteiger partial charge in [0.05, 0.1) is 0 Å². The van der Waals surface area contributed by atoms with E-state index in [1.54, 1.807) is 30.8 Å². The molecule has 27 heavy (non-hydrogen) atoms. The Balaban J connectivity index is 1.91. The van der Waals surface area contributed by atoms with Gasteiger partial charge in [0.25, 0.3) is 0 Å². The molecule has 0 aromatic heterocycles. The van der Waals surface area contributed by atoms with Crippen LogP contribution in [0.25, 0.3) is 0 Å². The molecule has 1 aromatic carbocycles. The third kappa shape index (κ3) is 8.22. The Kier molecular flexibility index (Phi) is 9.48. The number of piperidine rings is 1. The molecule has 1 heterocycles. The molecule has 0 radical (unpaired) electrons. The lowest BCUT2D eigenvalue weighted by Gasteiger charge is -2.34. The van der Waals surface area contributed by atoms with Crippen LogP contribution in [-0.2, 0) is 11.3 Å². The van der Waals surface area contributed by atoms with Crippen molar-refractivity contribution in [3.8, 4) is 0 Å². The van der Waals surface area contributed by atoms with Crippen LogP contribution in [0.15, 0.2) is 35.3 Å². The van der Waals surface area contributed by atoms with Crippen LogP contribution in [0.2, 0.25) is 0 Å². The largest absolute Gasteiger partial charge is 0.356 e. The first-order chi connectivity index (χ1) is 13.1. The van der Waals surface area contributed by atoms with Gasteiger partial charge in [-0.15, -0.1) is 0 Å². The van der Waals surface area contributed by atoms with Gasteiger partial charge in [-0.2, -0.15) is 11.8 Å². The van der Waals surface area contributed by atoms with Crippen LogP contribution in [0.5, 0.6) is 0 Å². The molecule has 0 bridgehead atoms. The van der Waals surface area contributed by atoms with Gasteiger partial charge in [-0.25, -0.2) is 4.99 Å². The lowest BCUT2D eigenvalue weighted by Crippen LogP contribution is -2.51. The monoisotopic (exact) mass is 391 g/mol. The Hall–Kier alpha value is -1.73. The Labute approximate surface area is 167 Å². The molecule has 2 rings (SSSR count). The van der Waals surface area contributed by atoms with Crippen LogP contribution in [0.1, 0.15) is 18.4 Å². The highest BCUT2D eigenvalue weighted by molar-refractivity contribution is 7.98. The number of guanidine groups is 1. The van der Waals surface area contributed by atoms with Gasteiger partial charge in [0.15, 0.2) is 5.96 Å². The predicted molar refractivity (Wildman–Crippen MR) is 115 cm³/mol. The molecule has 1 unspecified atom stereocenters. The minimum Gasteiger partial charge on any atom is -0.356 e. The summed E-state index contributed by atoms with van der Waals surface area (Å²) in [6.07, 6.45) is 4.37. The van der Waals surface area contributed by atoms with Crippen LogP contribution < -0.4 is 10.6 Å². The minimum atomic E-state index is 0.00955. The highest BCUT2D eigenvalue weighted by Crippen LogP contribution is 2.13. The van der Waals surface area contributed by atoms with Crippen LogP contribution in [0, 0.1) is 0 Å². The highest BCUT2D eigenvalue weighted by atomic mass is 32.2. The molecular formula is C20H33N5OS. The third-order valence-corrected chi connectivity index (χ3v) is 5.18. The summed E-state index contributed by atoms with van der Waals surface area (Å²) in [5, 5.41) is 6.90. The number of nitrogens with zero attached hydrogens (tertiary/aromatic N) is 3. The number of likely N-dealkylation sites (N-methyl/N-ethyl adjacent to an activating group) is 1. The van der Waals surface area contributed by atoms with Crippen molar-refractivity contribution in [3.63, 3.8) is 0 Å². The summed E-state index contributed by atoms with van der Waals surface area (Å²) in [6, 6.07) is 11.0. The number of amides is 1. The van der Waals surface area contributed by atoms with Gasteiger partial charge in [-0.1, -0.05) is 30.3 Å². The van der Waals surface area contributed by atoms with E-state index in [1.165, 1.54) is 12.0 Å². The van der Waals surface area contributed by atoms with Gasteiger partial charge in [-0.05, 0) is 31.2 Å². The van der Waals surface area contributed by atoms with Crippen molar-refractivity contribution in [3.05, 3.63) is 35.9 Å². The first kappa shape index (κ1) is 21.6. The van der Waals surface area contributed by atoms with Crippen molar-refractivity contribution in [2.45, 2.75) is 25.4 Å². The van der Waals surface area contributed by atoms with E-state index >= 15 is 0 Å². The van der Waals surface area contributed by atoms with Gasteiger partial charge >= 0.3 is 0 Å². The lowest BCUT2D eigenvalue weighted by atomic mass is 10.0.